The highest BCUT2D eigenvalue weighted by molar-refractivity contribution is 5.98. The molecule has 37 heavy (non-hydrogen) atoms. The number of halogens is 1. The molecule has 0 N–H and O–H groups in total. The highest BCUT2D eigenvalue weighted by Crippen LogP contribution is 2.45. The maximum absolute atomic E-state index is 14.0. The molecule has 5 nitrogen and oxygen atoms in total. The number of Topliss-reactive ketones (excluding diaryl/α,β-unsaturated/α-hetero) is 1. The highest BCUT2D eigenvalue weighted by Gasteiger charge is 2.44. The summed E-state index contributed by atoms with van der Waals surface area (Å²) in [4.78, 5) is 28.5. The van der Waals surface area contributed by atoms with Crippen molar-refractivity contribution in [1.29, 1.82) is 5.26 Å². The van der Waals surface area contributed by atoms with Crippen molar-refractivity contribution in [3.8, 4) is 17.2 Å². The Morgan fingerprint density at radius 3 is 2.19 bits per heavy atom. The van der Waals surface area contributed by atoms with Gasteiger partial charge in [0.25, 0.3) is 0 Å². The van der Waals surface area contributed by atoms with Gasteiger partial charge in [-0.05, 0) is 72.6 Å². The molecule has 0 radical (unpaired) electrons. The van der Waals surface area contributed by atoms with E-state index in [2.05, 4.69) is 24.3 Å². The lowest BCUT2D eigenvalue weighted by molar-refractivity contribution is 0.00650. The Bertz CT molecular complexity index is 1370. The van der Waals surface area contributed by atoms with Crippen LogP contribution in [-0.2, 0) is 4.74 Å². The van der Waals surface area contributed by atoms with Gasteiger partial charge in [-0.25, -0.2) is 9.18 Å². The molecule has 2 unspecified atom stereocenters. The van der Waals surface area contributed by atoms with E-state index in [1.807, 2.05) is 35.2 Å². The first-order chi connectivity index (χ1) is 18.0. The standard InChI is InChI=1S/C31H27FN2O3/c32-22-13-19(17-33)12-20(14-22)30(35)21-15-23-6-5-7-24(16-21)34(23)31(36)37-18-29-27-10-3-1-8-25(27)26-9-2-4-11-28(26)29/h1-4,8-14,21,23-24,29H,5-7,15-16,18H2. The summed E-state index contributed by atoms with van der Waals surface area (Å²) in [6.45, 7) is 0.269. The fourth-order valence-corrected chi connectivity index (χ4v) is 6.59. The number of benzene rings is 3. The van der Waals surface area contributed by atoms with Gasteiger partial charge in [0.2, 0.25) is 0 Å². The second kappa shape index (κ2) is 9.48. The minimum absolute atomic E-state index is 0.00221. The van der Waals surface area contributed by atoms with Crippen LogP contribution in [0.25, 0.3) is 11.1 Å². The van der Waals surface area contributed by atoms with Crippen molar-refractivity contribution in [1.82, 2.24) is 4.90 Å². The largest absolute Gasteiger partial charge is 0.448 e. The number of ether oxygens (including phenoxy) is 1. The van der Waals surface area contributed by atoms with Gasteiger partial charge >= 0.3 is 6.09 Å². The van der Waals surface area contributed by atoms with E-state index in [4.69, 9.17) is 10.00 Å². The molecule has 3 aromatic rings. The molecule has 1 amide bonds. The Hall–Kier alpha value is -3.98. The lowest BCUT2D eigenvalue weighted by atomic mass is 9.75. The fraction of sp³-hybridized carbons (Fsp3) is 0.323. The molecular formula is C31H27FN2O3. The van der Waals surface area contributed by atoms with Crippen LogP contribution in [0, 0.1) is 23.1 Å². The van der Waals surface area contributed by atoms with Crippen LogP contribution in [0.2, 0.25) is 0 Å². The Morgan fingerprint density at radius 2 is 1.57 bits per heavy atom. The number of piperidine rings is 2. The normalized spacial score (nSPS) is 22.1. The van der Waals surface area contributed by atoms with Crippen molar-refractivity contribution in [3.63, 3.8) is 0 Å². The third kappa shape index (κ3) is 4.19. The zero-order valence-electron chi connectivity index (χ0n) is 20.4. The maximum atomic E-state index is 14.0. The number of nitriles is 1. The quantitative estimate of drug-likeness (QED) is 0.390. The van der Waals surface area contributed by atoms with Gasteiger partial charge in [-0.3, -0.25) is 4.79 Å². The topological polar surface area (TPSA) is 70.4 Å². The number of ketones is 1. The van der Waals surface area contributed by atoms with Crippen molar-refractivity contribution in [2.24, 2.45) is 5.92 Å². The summed E-state index contributed by atoms with van der Waals surface area (Å²) < 4.78 is 19.9. The minimum atomic E-state index is -0.585. The molecule has 186 valence electrons. The number of fused-ring (bicyclic) bond motifs is 5. The molecule has 2 aliphatic heterocycles. The smallest absolute Gasteiger partial charge is 0.410 e. The zero-order valence-corrected chi connectivity index (χ0v) is 20.4. The molecule has 0 saturated carbocycles. The second-order valence-corrected chi connectivity index (χ2v) is 10.3. The number of rotatable bonds is 4. The molecule has 2 heterocycles. The van der Waals surface area contributed by atoms with E-state index in [1.165, 1.54) is 34.4 Å². The molecule has 2 fully saturated rings. The number of carbonyl (C=O) groups is 2. The van der Waals surface area contributed by atoms with Gasteiger partial charge in [-0.2, -0.15) is 5.26 Å². The molecule has 0 aromatic heterocycles. The highest BCUT2D eigenvalue weighted by atomic mass is 19.1. The summed E-state index contributed by atoms with van der Waals surface area (Å²) in [7, 11) is 0. The average molecular weight is 495 g/mol. The first-order valence-electron chi connectivity index (χ1n) is 12.9. The first-order valence-corrected chi connectivity index (χ1v) is 12.9. The molecule has 6 heteroatoms. The summed E-state index contributed by atoms with van der Waals surface area (Å²) in [5, 5.41) is 9.16. The summed E-state index contributed by atoms with van der Waals surface area (Å²) in [6.07, 6.45) is 3.37. The van der Waals surface area contributed by atoms with Crippen LogP contribution in [0.3, 0.4) is 0 Å². The summed E-state index contributed by atoms with van der Waals surface area (Å²) in [5.41, 5.74) is 5.09. The van der Waals surface area contributed by atoms with Crippen molar-refractivity contribution in [3.05, 3.63) is 94.8 Å². The molecule has 2 atom stereocenters. The lowest BCUT2D eigenvalue weighted by Gasteiger charge is -2.47. The van der Waals surface area contributed by atoms with Gasteiger partial charge in [-0.1, -0.05) is 48.5 Å². The molecule has 3 aliphatic rings. The van der Waals surface area contributed by atoms with E-state index in [-0.39, 0.29) is 53.5 Å². The monoisotopic (exact) mass is 494 g/mol. The SMILES string of the molecule is N#Cc1cc(F)cc(C(=O)C2CC3CCCC(C2)N3C(=O)OCC2c3ccccc3-c3ccccc32)c1. The van der Waals surface area contributed by atoms with Crippen LogP contribution in [-0.4, -0.2) is 35.5 Å². The first kappa shape index (κ1) is 23.4. The Kier molecular flexibility index (Phi) is 6.00. The van der Waals surface area contributed by atoms with Crippen molar-refractivity contribution in [2.45, 2.75) is 50.1 Å². The van der Waals surface area contributed by atoms with E-state index in [0.717, 1.165) is 25.3 Å². The van der Waals surface area contributed by atoms with Crippen LogP contribution < -0.4 is 0 Å². The summed E-state index contributed by atoms with van der Waals surface area (Å²) in [6, 6.07) is 22.1. The Morgan fingerprint density at radius 1 is 0.946 bits per heavy atom. The van der Waals surface area contributed by atoms with E-state index in [0.29, 0.717) is 12.8 Å². The number of nitrogens with zero attached hydrogens (tertiary/aromatic N) is 2. The molecule has 2 bridgehead atoms. The number of carbonyl (C=O) groups excluding carboxylic acids is 2. The number of hydrogen-bond donors (Lipinski definition) is 0. The zero-order chi connectivity index (χ0) is 25.5. The van der Waals surface area contributed by atoms with Crippen LogP contribution in [0.15, 0.2) is 66.7 Å². The third-order valence-corrected chi connectivity index (χ3v) is 8.20. The summed E-state index contributed by atoms with van der Waals surface area (Å²) in [5.74, 6) is -1.04. The van der Waals surface area contributed by atoms with Crippen LogP contribution >= 0.6 is 0 Å². The van der Waals surface area contributed by atoms with Gasteiger partial charge in [0.1, 0.15) is 12.4 Å². The van der Waals surface area contributed by atoms with E-state index in [9.17, 15) is 14.0 Å². The average Bonchev–Trinajstić information content (AvgIpc) is 3.23. The van der Waals surface area contributed by atoms with E-state index in [1.54, 1.807) is 0 Å². The van der Waals surface area contributed by atoms with E-state index < -0.39 is 5.82 Å². The predicted octanol–water partition coefficient (Wildman–Crippen LogP) is 6.46. The summed E-state index contributed by atoms with van der Waals surface area (Å²) >= 11 is 0. The molecule has 3 aromatic carbocycles. The van der Waals surface area contributed by atoms with Crippen molar-refractivity contribution < 1.29 is 18.7 Å². The van der Waals surface area contributed by atoms with Crippen LogP contribution in [0.5, 0.6) is 0 Å². The number of amides is 1. The van der Waals surface area contributed by atoms with Crippen LogP contribution in [0.1, 0.15) is 65.1 Å². The van der Waals surface area contributed by atoms with Gasteiger partial charge in [0, 0.05) is 29.5 Å². The Balaban J connectivity index is 1.17. The van der Waals surface area contributed by atoms with E-state index >= 15 is 0 Å². The molecule has 2 saturated heterocycles. The fourth-order valence-electron chi connectivity index (χ4n) is 6.59. The molecular weight excluding hydrogens is 467 g/mol. The van der Waals surface area contributed by atoms with Gasteiger partial charge in [-0.15, -0.1) is 0 Å². The predicted molar refractivity (Wildman–Crippen MR) is 137 cm³/mol. The Labute approximate surface area is 215 Å². The van der Waals surface area contributed by atoms with Crippen molar-refractivity contribution in [2.75, 3.05) is 6.61 Å². The van der Waals surface area contributed by atoms with Crippen LogP contribution in [0.4, 0.5) is 9.18 Å². The maximum Gasteiger partial charge on any atom is 0.410 e. The van der Waals surface area contributed by atoms with Crippen molar-refractivity contribution >= 4 is 11.9 Å². The minimum Gasteiger partial charge on any atom is -0.448 e. The van der Waals surface area contributed by atoms with Gasteiger partial charge < -0.3 is 9.64 Å². The molecule has 1 aliphatic carbocycles. The number of hydrogen-bond acceptors (Lipinski definition) is 4. The van der Waals surface area contributed by atoms with Gasteiger partial charge in [0.15, 0.2) is 5.78 Å². The van der Waals surface area contributed by atoms with Gasteiger partial charge in [0.05, 0.1) is 11.6 Å². The lowest BCUT2D eigenvalue weighted by Crippen LogP contribution is -2.55. The third-order valence-electron chi connectivity index (χ3n) is 8.20. The molecule has 0 spiro atoms. The molecule has 6 rings (SSSR count). The second-order valence-electron chi connectivity index (χ2n) is 10.3.